The van der Waals surface area contributed by atoms with Gasteiger partial charge in [0.2, 0.25) is 5.82 Å². The molecular weight excluding hydrogens is 302 g/mol. The number of rotatable bonds is 5. The van der Waals surface area contributed by atoms with E-state index in [0.29, 0.717) is 17.3 Å². The zero-order valence-electron chi connectivity index (χ0n) is 12.7. The predicted octanol–water partition coefficient (Wildman–Crippen LogP) is 3.58. The van der Waals surface area contributed by atoms with Gasteiger partial charge < -0.3 is 10.4 Å². The van der Waals surface area contributed by atoms with Gasteiger partial charge in [-0.1, -0.05) is 43.6 Å². The van der Waals surface area contributed by atoms with Gasteiger partial charge in [0.25, 0.3) is 0 Å². The van der Waals surface area contributed by atoms with Crippen LogP contribution in [0.3, 0.4) is 0 Å². The zero-order valence-corrected chi connectivity index (χ0v) is 13.5. The van der Waals surface area contributed by atoms with Crippen molar-refractivity contribution in [3.05, 3.63) is 51.9 Å². The molecule has 2 N–H and O–H groups in total. The van der Waals surface area contributed by atoms with Crippen molar-refractivity contribution >= 4 is 23.4 Å². The Bertz CT molecular complexity index is 702. The number of aromatic carboxylic acids is 1. The SMILES string of the molecule is CNc1nc(C(=O)O)nc(C(C)C)c1Cc1ccccc1Cl. The van der Waals surface area contributed by atoms with E-state index in [9.17, 15) is 4.79 Å². The van der Waals surface area contributed by atoms with Crippen LogP contribution in [0.25, 0.3) is 0 Å². The lowest BCUT2D eigenvalue weighted by Gasteiger charge is -2.17. The minimum Gasteiger partial charge on any atom is -0.475 e. The van der Waals surface area contributed by atoms with Gasteiger partial charge in [0, 0.05) is 24.1 Å². The molecule has 2 rings (SSSR count). The quantitative estimate of drug-likeness (QED) is 0.881. The van der Waals surface area contributed by atoms with Crippen LogP contribution in [0.4, 0.5) is 5.82 Å². The van der Waals surface area contributed by atoms with Crippen molar-refractivity contribution in [1.82, 2.24) is 9.97 Å². The summed E-state index contributed by atoms with van der Waals surface area (Å²) in [7, 11) is 1.72. The van der Waals surface area contributed by atoms with Crippen LogP contribution in [-0.4, -0.2) is 28.1 Å². The molecule has 0 saturated heterocycles. The third kappa shape index (κ3) is 3.36. The Morgan fingerprint density at radius 3 is 2.55 bits per heavy atom. The van der Waals surface area contributed by atoms with E-state index in [1.165, 1.54) is 0 Å². The number of nitrogens with zero attached hydrogens (tertiary/aromatic N) is 2. The van der Waals surface area contributed by atoms with Crippen molar-refractivity contribution in [3.8, 4) is 0 Å². The van der Waals surface area contributed by atoms with Crippen LogP contribution in [0.2, 0.25) is 5.02 Å². The van der Waals surface area contributed by atoms with Gasteiger partial charge in [-0.3, -0.25) is 0 Å². The topological polar surface area (TPSA) is 75.1 Å². The van der Waals surface area contributed by atoms with Crippen molar-refractivity contribution < 1.29 is 9.90 Å². The Morgan fingerprint density at radius 1 is 1.32 bits per heavy atom. The fourth-order valence-electron chi connectivity index (χ4n) is 2.29. The molecule has 0 aliphatic rings. The summed E-state index contributed by atoms with van der Waals surface area (Å²) in [5, 5.41) is 12.8. The maximum Gasteiger partial charge on any atom is 0.374 e. The van der Waals surface area contributed by atoms with Gasteiger partial charge in [0.1, 0.15) is 5.82 Å². The van der Waals surface area contributed by atoms with Gasteiger partial charge in [0.15, 0.2) is 0 Å². The zero-order chi connectivity index (χ0) is 16.3. The lowest BCUT2D eigenvalue weighted by Crippen LogP contribution is -2.14. The number of hydrogen-bond acceptors (Lipinski definition) is 4. The van der Waals surface area contributed by atoms with E-state index in [-0.39, 0.29) is 11.7 Å². The Kier molecular flexibility index (Phi) is 4.98. The van der Waals surface area contributed by atoms with Crippen LogP contribution in [0.1, 0.15) is 47.2 Å². The second kappa shape index (κ2) is 6.75. The third-order valence-corrected chi connectivity index (χ3v) is 3.71. The molecule has 1 aromatic heterocycles. The number of carboxylic acid groups (broad SMARTS) is 1. The van der Waals surface area contributed by atoms with Crippen molar-refractivity contribution in [2.24, 2.45) is 0 Å². The summed E-state index contributed by atoms with van der Waals surface area (Å²) in [5.41, 5.74) is 2.54. The van der Waals surface area contributed by atoms with Crippen molar-refractivity contribution in [1.29, 1.82) is 0 Å². The highest BCUT2D eigenvalue weighted by molar-refractivity contribution is 6.31. The first-order chi connectivity index (χ1) is 10.4. The Hall–Kier alpha value is -2.14. The number of carboxylic acids is 1. The first-order valence-electron chi connectivity index (χ1n) is 6.99. The van der Waals surface area contributed by atoms with E-state index in [2.05, 4.69) is 15.3 Å². The third-order valence-electron chi connectivity index (χ3n) is 3.34. The molecule has 0 aliphatic heterocycles. The maximum atomic E-state index is 11.2. The van der Waals surface area contributed by atoms with E-state index in [1.807, 2.05) is 38.1 Å². The Balaban J connectivity index is 2.58. The fraction of sp³-hybridized carbons (Fsp3) is 0.312. The molecule has 0 bridgehead atoms. The minimum absolute atomic E-state index is 0.0747. The van der Waals surface area contributed by atoms with E-state index in [0.717, 1.165) is 16.8 Å². The highest BCUT2D eigenvalue weighted by atomic mass is 35.5. The lowest BCUT2D eigenvalue weighted by molar-refractivity contribution is 0.0683. The summed E-state index contributed by atoms with van der Waals surface area (Å²) in [4.78, 5) is 19.5. The average molecular weight is 320 g/mol. The smallest absolute Gasteiger partial charge is 0.374 e. The number of nitrogens with one attached hydrogen (secondary N) is 1. The second-order valence-corrected chi connectivity index (χ2v) is 5.64. The molecule has 0 aliphatic carbocycles. The molecule has 6 heteroatoms. The highest BCUT2D eigenvalue weighted by Gasteiger charge is 2.20. The molecule has 1 heterocycles. The Labute approximate surface area is 134 Å². The molecule has 22 heavy (non-hydrogen) atoms. The second-order valence-electron chi connectivity index (χ2n) is 5.24. The van der Waals surface area contributed by atoms with E-state index < -0.39 is 5.97 Å². The molecule has 0 atom stereocenters. The molecule has 0 saturated carbocycles. The summed E-state index contributed by atoms with van der Waals surface area (Å²) < 4.78 is 0. The van der Waals surface area contributed by atoms with Crippen molar-refractivity contribution in [2.45, 2.75) is 26.2 Å². The van der Waals surface area contributed by atoms with Crippen LogP contribution >= 0.6 is 11.6 Å². The molecule has 0 unspecified atom stereocenters. The lowest BCUT2D eigenvalue weighted by atomic mass is 9.98. The summed E-state index contributed by atoms with van der Waals surface area (Å²) in [6.45, 7) is 3.95. The van der Waals surface area contributed by atoms with E-state index in [4.69, 9.17) is 16.7 Å². The molecule has 116 valence electrons. The van der Waals surface area contributed by atoms with Crippen molar-refractivity contribution in [2.75, 3.05) is 12.4 Å². The van der Waals surface area contributed by atoms with Gasteiger partial charge in [-0.2, -0.15) is 0 Å². The molecule has 1 aromatic carbocycles. The highest BCUT2D eigenvalue weighted by Crippen LogP contribution is 2.28. The molecule has 0 amide bonds. The van der Waals surface area contributed by atoms with E-state index in [1.54, 1.807) is 7.05 Å². The summed E-state index contributed by atoms with van der Waals surface area (Å²) in [6, 6.07) is 7.56. The summed E-state index contributed by atoms with van der Waals surface area (Å²) in [5.74, 6) is -0.736. The molecule has 2 aromatic rings. The van der Waals surface area contributed by atoms with Crippen LogP contribution in [0, 0.1) is 0 Å². The largest absolute Gasteiger partial charge is 0.475 e. The van der Waals surface area contributed by atoms with E-state index >= 15 is 0 Å². The van der Waals surface area contributed by atoms with Crippen LogP contribution < -0.4 is 5.32 Å². The number of anilines is 1. The number of aromatic nitrogens is 2. The fourth-order valence-corrected chi connectivity index (χ4v) is 2.49. The van der Waals surface area contributed by atoms with Crippen LogP contribution in [0.5, 0.6) is 0 Å². The predicted molar refractivity (Wildman–Crippen MR) is 86.9 cm³/mol. The number of benzene rings is 1. The average Bonchev–Trinajstić information content (AvgIpc) is 2.49. The van der Waals surface area contributed by atoms with Crippen LogP contribution in [0.15, 0.2) is 24.3 Å². The van der Waals surface area contributed by atoms with Crippen LogP contribution in [-0.2, 0) is 6.42 Å². The van der Waals surface area contributed by atoms with Gasteiger partial charge in [-0.25, -0.2) is 14.8 Å². The Morgan fingerprint density at radius 2 is 2.00 bits per heavy atom. The first-order valence-corrected chi connectivity index (χ1v) is 7.37. The maximum absolute atomic E-state index is 11.2. The number of halogens is 1. The molecular formula is C16H18ClN3O2. The standard InChI is InChI=1S/C16H18ClN3O2/c1-9(2)13-11(8-10-6-4-5-7-12(10)17)14(18-3)20-15(19-13)16(21)22/h4-7,9H,8H2,1-3H3,(H,21,22)(H,18,19,20). The molecule has 5 nitrogen and oxygen atoms in total. The monoisotopic (exact) mass is 319 g/mol. The minimum atomic E-state index is -1.14. The first kappa shape index (κ1) is 16.2. The van der Waals surface area contributed by atoms with Gasteiger partial charge >= 0.3 is 5.97 Å². The molecule has 0 spiro atoms. The van der Waals surface area contributed by atoms with Gasteiger partial charge in [-0.15, -0.1) is 0 Å². The summed E-state index contributed by atoms with van der Waals surface area (Å²) >= 11 is 6.23. The van der Waals surface area contributed by atoms with Crippen molar-refractivity contribution in [3.63, 3.8) is 0 Å². The molecule has 0 fully saturated rings. The molecule has 0 radical (unpaired) electrons. The normalized spacial score (nSPS) is 10.8. The van der Waals surface area contributed by atoms with Gasteiger partial charge in [0.05, 0.1) is 5.69 Å². The number of carbonyl (C=O) groups is 1. The summed E-state index contributed by atoms with van der Waals surface area (Å²) in [6.07, 6.45) is 0.545. The number of hydrogen-bond donors (Lipinski definition) is 2. The van der Waals surface area contributed by atoms with Gasteiger partial charge in [-0.05, 0) is 17.5 Å².